The van der Waals surface area contributed by atoms with Gasteiger partial charge in [-0.1, -0.05) is 0 Å². The molecule has 2 aromatic rings. The van der Waals surface area contributed by atoms with Gasteiger partial charge in [-0.2, -0.15) is 5.10 Å². The van der Waals surface area contributed by atoms with Crippen LogP contribution in [-0.2, 0) is 7.05 Å². The highest BCUT2D eigenvalue weighted by Crippen LogP contribution is 2.43. The maximum Gasteiger partial charge on any atom is 0.203 e. The smallest absolute Gasteiger partial charge is 0.203 e. The topological polar surface area (TPSA) is 83.6 Å². The summed E-state index contributed by atoms with van der Waals surface area (Å²) in [6.07, 6.45) is 1.72. The van der Waals surface area contributed by atoms with Gasteiger partial charge in [-0.15, -0.1) is 0 Å². The van der Waals surface area contributed by atoms with Gasteiger partial charge in [-0.05, 0) is 18.2 Å². The van der Waals surface area contributed by atoms with Crippen LogP contribution in [0.5, 0.6) is 17.2 Å². The van der Waals surface area contributed by atoms with Crippen molar-refractivity contribution < 1.29 is 14.2 Å². The molecule has 1 atom stereocenters. The van der Waals surface area contributed by atoms with E-state index < -0.39 is 0 Å². The molecule has 1 aromatic heterocycles. The maximum absolute atomic E-state index is 5.73. The van der Waals surface area contributed by atoms with Crippen LogP contribution >= 0.6 is 0 Å². The quantitative estimate of drug-likeness (QED) is 0.610. The van der Waals surface area contributed by atoms with Crippen molar-refractivity contribution in [2.24, 2.45) is 12.9 Å². The fraction of sp³-hybridized carbons (Fsp3) is 0.357. The number of rotatable bonds is 6. The van der Waals surface area contributed by atoms with Crippen molar-refractivity contribution in [2.75, 3.05) is 21.3 Å². The molecule has 0 aliphatic heterocycles. The van der Waals surface area contributed by atoms with Gasteiger partial charge in [0.1, 0.15) is 0 Å². The number of methoxy groups -OCH3 is 3. The summed E-state index contributed by atoms with van der Waals surface area (Å²) in [7, 11) is 6.58. The molecule has 7 heteroatoms. The molecule has 0 amide bonds. The molecule has 7 nitrogen and oxygen atoms in total. The zero-order valence-electron chi connectivity index (χ0n) is 12.6. The highest BCUT2D eigenvalue weighted by atomic mass is 16.5. The summed E-state index contributed by atoms with van der Waals surface area (Å²) in [6.45, 7) is 0. The molecule has 0 fully saturated rings. The summed E-state index contributed by atoms with van der Waals surface area (Å²) in [5.74, 6) is 7.43. The lowest BCUT2D eigenvalue weighted by Gasteiger charge is -2.22. The van der Waals surface area contributed by atoms with E-state index in [0.29, 0.717) is 17.2 Å². The lowest BCUT2D eigenvalue weighted by molar-refractivity contribution is 0.320. The normalized spacial score (nSPS) is 12.0. The molecule has 0 aliphatic carbocycles. The van der Waals surface area contributed by atoms with Crippen LogP contribution < -0.4 is 25.5 Å². The number of aryl methyl sites for hydroxylation is 1. The van der Waals surface area contributed by atoms with E-state index in [2.05, 4.69) is 10.5 Å². The van der Waals surface area contributed by atoms with Crippen molar-refractivity contribution in [3.05, 3.63) is 35.7 Å². The average Bonchev–Trinajstić information content (AvgIpc) is 2.93. The first-order chi connectivity index (χ1) is 10.2. The Kier molecular flexibility index (Phi) is 4.66. The van der Waals surface area contributed by atoms with E-state index in [1.807, 2.05) is 25.2 Å². The van der Waals surface area contributed by atoms with Crippen molar-refractivity contribution in [2.45, 2.75) is 6.04 Å². The van der Waals surface area contributed by atoms with Crippen molar-refractivity contribution in [1.29, 1.82) is 0 Å². The maximum atomic E-state index is 5.73. The van der Waals surface area contributed by atoms with Gasteiger partial charge >= 0.3 is 0 Å². The molecule has 21 heavy (non-hydrogen) atoms. The minimum atomic E-state index is -0.285. The van der Waals surface area contributed by atoms with Crippen molar-refractivity contribution in [1.82, 2.24) is 15.2 Å². The van der Waals surface area contributed by atoms with E-state index in [9.17, 15) is 0 Å². The van der Waals surface area contributed by atoms with Crippen LogP contribution in [0.2, 0.25) is 0 Å². The predicted molar refractivity (Wildman–Crippen MR) is 78.5 cm³/mol. The molecule has 0 saturated heterocycles. The number of hydrogen-bond donors (Lipinski definition) is 2. The molecule has 114 valence electrons. The lowest BCUT2D eigenvalue weighted by atomic mass is 10.0. The van der Waals surface area contributed by atoms with Gasteiger partial charge < -0.3 is 14.2 Å². The number of nitrogens with two attached hydrogens (primary N) is 1. The summed E-state index contributed by atoms with van der Waals surface area (Å²) >= 11 is 0. The first-order valence-corrected chi connectivity index (χ1v) is 6.40. The molecule has 2 rings (SSSR count). The van der Waals surface area contributed by atoms with E-state index in [4.69, 9.17) is 20.1 Å². The number of hydrogen-bond acceptors (Lipinski definition) is 6. The lowest BCUT2D eigenvalue weighted by Crippen LogP contribution is -2.30. The number of benzene rings is 1. The van der Waals surface area contributed by atoms with Crippen LogP contribution in [0.1, 0.15) is 17.3 Å². The Morgan fingerprint density at radius 2 is 1.81 bits per heavy atom. The third kappa shape index (κ3) is 2.65. The number of aromatic nitrogens is 2. The van der Waals surface area contributed by atoms with Gasteiger partial charge in [0.25, 0.3) is 0 Å². The summed E-state index contributed by atoms with van der Waals surface area (Å²) in [5, 5.41) is 4.17. The standard InChI is InChI=1S/C14H20N4O3/c1-18-10(7-8-16-18)12(17-15)9-5-6-11(19-2)14(21-4)13(9)20-3/h5-8,12,17H,15H2,1-4H3. The highest BCUT2D eigenvalue weighted by Gasteiger charge is 2.24. The monoisotopic (exact) mass is 292 g/mol. The minimum Gasteiger partial charge on any atom is -0.493 e. The highest BCUT2D eigenvalue weighted by molar-refractivity contribution is 5.57. The van der Waals surface area contributed by atoms with E-state index in [-0.39, 0.29) is 6.04 Å². The second kappa shape index (κ2) is 6.47. The van der Waals surface area contributed by atoms with Crippen molar-refractivity contribution >= 4 is 0 Å². The van der Waals surface area contributed by atoms with Crippen LogP contribution in [0.25, 0.3) is 0 Å². The van der Waals surface area contributed by atoms with Crippen LogP contribution in [0, 0.1) is 0 Å². The molecule has 0 radical (unpaired) electrons. The van der Waals surface area contributed by atoms with Crippen LogP contribution in [0.15, 0.2) is 24.4 Å². The fourth-order valence-electron chi connectivity index (χ4n) is 2.35. The SMILES string of the molecule is COc1ccc(C(NN)c2ccnn2C)c(OC)c1OC. The third-order valence-corrected chi connectivity index (χ3v) is 3.37. The summed E-state index contributed by atoms with van der Waals surface area (Å²) in [5.41, 5.74) is 4.53. The van der Waals surface area contributed by atoms with Gasteiger partial charge in [0.2, 0.25) is 5.75 Å². The Bertz CT molecular complexity index is 612. The summed E-state index contributed by atoms with van der Waals surface area (Å²) in [4.78, 5) is 0. The molecule has 0 spiro atoms. The molecule has 0 bridgehead atoms. The van der Waals surface area contributed by atoms with Crippen LogP contribution in [0.3, 0.4) is 0 Å². The summed E-state index contributed by atoms with van der Waals surface area (Å²) in [6, 6.07) is 5.31. The first-order valence-electron chi connectivity index (χ1n) is 6.40. The van der Waals surface area contributed by atoms with Gasteiger partial charge in [0.15, 0.2) is 11.5 Å². The van der Waals surface area contributed by atoms with E-state index in [1.54, 1.807) is 32.2 Å². The molecule has 1 heterocycles. The molecule has 0 saturated carbocycles. The van der Waals surface area contributed by atoms with Gasteiger partial charge in [0.05, 0.1) is 33.1 Å². The third-order valence-electron chi connectivity index (χ3n) is 3.37. The van der Waals surface area contributed by atoms with Gasteiger partial charge in [-0.3, -0.25) is 10.5 Å². The van der Waals surface area contributed by atoms with E-state index >= 15 is 0 Å². The Morgan fingerprint density at radius 1 is 1.10 bits per heavy atom. The van der Waals surface area contributed by atoms with Gasteiger partial charge in [0, 0.05) is 18.8 Å². The van der Waals surface area contributed by atoms with Crippen molar-refractivity contribution in [3.63, 3.8) is 0 Å². The second-order valence-corrected chi connectivity index (χ2v) is 4.40. The van der Waals surface area contributed by atoms with Crippen LogP contribution in [-0.4, -0.2) is 31.1 Å². The van der Waals surface area contributed by atoms with Gasteiger partial charge in [-0.25, -0.2) is 5.43 Å². The predicted octanol–water partition coefficient (Wildman–Crippen LogP) is 0.999. The Hall–Kier alpha value is -2.25. The molecular weight excluding hydrogens is 272 g/mol. The number of ether oxygens (including phenoxy) is 3. The second-order valence-electron chi connectivity index (χ2n) is 4.40. The zero-order valence-corrected chi connectivity index (χ0v) is 12.6. The fourth-order valence-corrected chi connectivity index (χ4v) is 2.35. The molecule has 1 unspecified atom stereocenters. The zero-order chi connectivity index (χ0) is 15.4. The summed E-state index contributed by atoms with van der Waals surface area (Å²) < 4.78 is 17.9. The van der Waals surface area contributed by atoms with Crippen LogP contribution in [0.4, 0.5) is 0 Å². The Balaban J connectivity index is 2.59. The minimum absolute atomic E-state index is 0.285. The number of hydrazine groups is 1. The largest absolute Gasteiger partial charge is 0.493 e. The molecular formula is C14H20N4O3. The Labute approximate surface area is 123 Å². The average molecular weight is 292 g/mol. The van der Waals surface area contributed by atoms with E-state index in [0.717, 1.165) is 11.3 Å². The number of nitrogens with zero attached hydrogens (tertiary/aromatic N) is 2. The molecule has 1 aromatic carbocycles. The number of nitrogens with one attached hydrogen (secondary N) is 1. The molecule has 3 N–H and O–H groups in total. The van der Waals surface area contributed by atoms with E-state index in [1.165, 1.54) is 0 Å². The van der Waals surface area contributed by atoms with Crippen molar-refractivity contribution in [3.8, 4) is 17.2 Å². The first kappa shape index (κ1) is 15.1. The molecule has 0 aliphatic rings. The Morgan fingerprint density at radius 3 is 2.29 bits per heavy atom.